The highest BCUT2D eigenvalue weighted by atomic mass is 79.9. The molecule has 3 nitrogen and oxygen atoms in total. The molecule has 27 heavy (non-hydrogen) atoms. The van der Waals surface area contributed by atoms with Crippen LogP contribution in [0.15, 0.2) is 53.5 Å². The first-order valence-corrected chi connectivity index (χ1v) is 10.3. The summed E-state index contributed by atoms with van der Waals surface area (Å²) in [5.74, 6) is 0. The number of fused-ring (bicyclic) bond motifs is 1. The highest BCUT2D eigenvalue weighted by Gasteiger charge is 2.52. The topological polar surface area (TPSA) is 35.8 Å². The fourth-order valence-corrected chi connectivity index (χ4v) is 5.37. The molecule has 0 spiro atoms. The molecule has 2 aromatic carbocycles. The van der Waals surface area contributed by atoms with E-state index in [9.17, 15) is 5.11 Å². The van der Waals surface area contributed by atoms with Crippen molar-refractivity contribution < 1.29 is 5.11 Å². The van der Waals surface area contributed by atoms with E-state index in [1.807, 2.05) is 0 Å². The van der Waals surface area contributed by atoms with Gasteiger partial charge in [0.2, 0.25) is 0 Å². The lowest BCUT2D eigenvalue weighted by Gasteiger charge is -2.37. The maximum atomic E-state index is 12.0. The standard InChI is InChI=1S/C22H26N2OS.BrH/c1-16-8-10-19(11-9-16)20-22(25,15-18-7-5-6-17(2)14-18)24-13-4-3-12-23-21(24)26-20;/h5-11,14,20,25H,3-4,12-13,15H2,1-2H3;1H. The monoisotopic (exact) mass is 446 g/mol. The number of nitrogens with zero attached hydrogens (tertiary/aromatic N) is 2. The molecule has 1 saturated heterocycles. The lowest BCUT2D eigenvalue weighted by Crippen LogP contribution is -2.50. The largest absolute Gasteiger partial charge is 0.369 e. The molecule has 0 saturated carbocycles. The molecule has 0 radical (unpaired) electrons. The van der Waals surface area contributed by atoms with Crippen LogP contribution in [0.3, 0.4) is 0 Å². The van der Waals surface area contributed by atoms with Crippen LogP contribution in [0.1, 0.15) is 40.3 Å². The third kappa shape index (κ3) is 4.10. The van der Waals surface area contributed by atoms with E-state index in [2.05, 4.69) is 67.3 Å². The Labute approximate surface area is 176 Å². The smallest absolute Gasteiger partial charge is 0.162 e. The van der Waals surface area contributed by atoms with E-state index < -0.39 is 5.72 Å². The van der Waals surface area contributed by atoms with Crippen molar-refractivity contribution in [2.24, 2.45) is 4.99 Å². The van der Waals surface area contributed by atoms with Crippen molar-refractivity contribution in [1.82, 2.24) is 4.90 Å². The summed E-state index contributed by atoms with van der Waals surface area (Å²) in [6.45, 7) is 5.94. The Kier molecular flexibility index (Phi) is 6.34. The van der Waals surface area contributed by atoms with Gasteiger partial charge in [-0.05, 0) is 37.8 Å². The first kappa shape index (κ1) is 20.4. The zero-order chi connectivity index (χ0) is 18.1. The maximum absolute atomic E-state index is 12.0. The molecule has 2 heterocycles. The minimum atomic E-state index is -0.948. The minimum absolute atomic E-state index is 0. The number of benzene rings is 2. The molecular formula is C22H27BrN2OS. The van der Waals surface area contributed by atoms with Crippen molar-refractivity contribution >= 4 is 33.9 Å². The Balaban J connectivity index is 0.00000210. The van der Waals surface area contributed by atoms with Gasteiger partial charge < -0.3 is 10.0 Å². The number of thioether (sulfide) groups is 1. The lowest BCUT2D eigenvalue weighted by atomic mass is 9.92. The number of aryl methyl sites for hydroxylation is 2. The van der Waals surface area contributed by atoms with Gasteiger partial charge in [0.15, 0.2) is 10.9 Å². The number of rotatable bonds is 3. The number of aliphatic hydroxyl groups is 1. The van der Waals surface area contributed by atoms with Crippen LogP contribution in [0, 0.1) is 13.8 Å². The summed E-state index contributed by atoms with van der Waals surface area (Å²) in [5.41, 5.74) is 3.87. The van der Waals surface area contributed by atoms with E-state index in [1.54, 1.807) is 11.8 Å². The van der Waals surface area contributed by atoms with Crippen LogP contribution in [0.4, 0.5) is 0 Å². The van der Waals surface area contributed by atoms with Gasteiger partial charge in [-0.25, -0.2) is 0 Å². The zero-order valence-corrected chi connectivity index (χ0v) is 18.4. The molecule has 1 N–H and O–H groups in total. The summed E-state index contributed by atoms with van der Waals surface area (Å²) < 4.78 is 0. The second-order valence-electron chi connectivity index (χ2n) is 7.48. The summed E-state index contributed by atoms with van der Waals surface area (Å²) in [7, 11) is 0. The maximum Gasteiger partial charge on any atom is 0.162 e. The second kappa shape index (κ2) is 8.38. The number of hydrogen-bond acceptors (Lipinski definition) is 4. The fourth-order valence-electron chi connectivity index (χ4n) is 3.93. The molecule has 2 aromatic rings. The van der Waals surface area contributed by atoms with Crippen LogP contribution in [0.25, 0.3) is 0 Å². The quantitative estimate of drug-likeness (QED) is 0.715. The lowest BCUT2D eigenvalue weighted by molar-refractivity contribution is -0.0637. The number of amidine groups is 1. The van der Waals surface area contributed by atoms with Crippen LogP contribution in [-0.2, 0) is 6.42 Å². The van der Waals surface area contributed by atoms with Gasteiger partial charge in [0, 0.05) is 19.5 Å². The average Bonchev–Trinajstić information content (AvgIpc) is 2.77. The first-order valence-electron chi connectivity index (χ1n) is 9.39. The molecule has 0 bridgehead atoms. The Morgan fingerprint density at radius 2 is 1.89 bits per heavy atom. The molecule has 2 unspecified atom stereocenters. The van der Waals surface area contributed by atoms with E-state index in [-0.39, 0.29) is 22.2 Å². The summed E-state index contributed by atoms with van der Waals surface area (Å²) in [6.07, 6.45) is 2.78. The Morgan fingerprint density at radius 1 is 1.11 bits per heavy atom. The first-order chi connectivity index (χ1) is 12.6. The van der Waals surface area contributed by atoms with Crippen LogP contribution >= 0.6 is 28.7 Å². The van der Waals surface area contributed by atoms with E-state index in [0.717, 1.165) is 31.1 Å². The normalized spacial score (nSPS) is 24.6. The molecule has 2 aliphatic rings. The van der Waals surface area contributed by atoms with Crippen LogP contribution < -0.4 is 0 Å². The zero-order valence-electron chi connectivity index (χ0n) is 15.9. The molecule has 0 aromatic heterocycles. The molecular weight excluding hydrogens is 420 g/mol. The molecule has 0 aliphatic carbocycles. The van der Waals surface area contributed by atoms with Crippen molar-refractivity contribution in [3.8, 4) is 0 Å². The molecule has 2 aliphatic heterocycles. The molecule has 5 heteroatoms. The van der Waals surface area contributed by atoms with Gasteiger partial charge in [0.1, 0.15) is 0 Å². The van der Waals surface area contributed by atoms with E-state index in [4.69, 9.17) is 4.99 Å². The Morgan fingerprint density at radius 3 is 2.63 bits per heavy atom. The van der Waals surface area contributed by atoms with Gasteiger partial charge in [0.05, 0.1) is 5.25 Å². The molecule has 144 valence electrons. The predicted molar refractivity (Wildman–Crippen MR) is 120 cm³/mol. The van der Waals surface area contributed by atoms with Crippen molar-refractivity contribution in [1.29, 1.82) is 0 Å². The summed E-state index contributed by atoms with van der Waals surface area (Å²) in [5, 5.41) is 12.9. The third-order valence-electron chi connectivity index (χ3n) is 5.31. The predicted octanol–water partition coefficient (Wildman–Crippen LogP) is 5.05. The molecule has 0 amide bonds. The van der Waals surface area contributed by atoms with E-state index in [1.165, 1.54) is 22.3 Å². The summed E-state index contributed by atoms with van der Waals surface area (Å²) >= 11 is 1.72. The molecule has 2 atom stereocenters. The Bertz CT molecular complexity index is 823. The Hall–Kier alpha value is -1.30. The van der Waals surface area contributed by atoms with Gasteiger partial charge in [-0.2, -0.15) is 0 Å². The second-order valence-corrected chi connectivity index (χ2v) is 8.55. The van der Waals surface area contributed by atoms with Crippen molar-refractivity contribution in [2.75, 3.05) is 13.1 Å². The van der Waals surface area contributed by atoms with Gasteiger partial charge in [-0.3, -0.25) is 4.99 Å². The van der Waals surface area contributed by atoms with Crippen molar-refractivity contribution in [3.63, 3.8) is 0 Å². The fraction of sp³-hybridized carbons (Fsp3) is 0.409. The van der Waals surface area contributed by atoms with Gasteiger partial charge in [-0.1, -0.05) is 71.4 Å². The average molecular weight is 447 g/mol. The summed E-state index contributed by atoms with van der Waals surface area (Å²) in [6, 6.07) is 17.1. The van der Waals surface area contributed by atoms with Crippen molar-refractivity contribution in [3.05, 3.63) is 70.8 Å². The summed E-state index contributed by atoms with van der Waals surface area (Å²) in [4.78, 5) is 6.94. The van der Waals surface area contributed by atoms with E-state index in [0.29, 0.717) is 6.42 Å². The SMILES string of the molecule is Br.Cc1ccc(C2SC3=NCCCCN3C2(O)Cc2cccc(C)c2)cc1. The van der Waals surface area contributed by atoms with Gasteiger partial charge in [0.25, 0.3) is 0 Å². The molecule has 4 rings (SSSR count). The number of hydrogen-bond donors (Lipinski definition) is 1. The minimum Gasteiger partial charge on any atom is -0.369 e. The number of aliphatic imine (C=N–C) groups is 1. The van der Waals surface area contributed by atoms with Crippen LogP contribution in [0.2, 0.25) is 0 Å². The van der Waals surface area contributed by atoms with E-state index >= 15 is 0 Å². The van der Waals surface area contributed by atoms with Crippen LogP contribution in [-0.4, -0.2) is 34.0 Å². The molecule has 1 fully saturated rings. The number of halogens is 1. The van der Waals surface area contributed by atoms with Gasteiger partial charge >= 0.3 is 0 Å². The highest BCUT2D eigenvalue weighted by molar-refractivity contribution is 8.93. The van der Waals surface area contributed by atoms with Crippen LogP contribution in [0.5, 0.6) is 0 Å². The van der Waals surface area contributed by atoms with Crippen molar-refractivity contribution in [2.45, 2.75) is 44.1 Å². The third-order valence-corrected chi connectivity index (χ3v) is 6.75. The highest BCUT2D eigenvalue weighted by Crippen LogP contribution is 2.51. The van der Waals surface area contributed by atoms with Gasteiger partial charge in [-0.15, -0.1) is 17.0 Å².